The van der Waals surface area contributed by atoms with Crippen LogP contribution in [0.1, 0.15) is 37.3 Å². The molecule has 17 heavy (non-hydrogen) atoms. The van der Waals surface area contributed by atoms with Crippen molar-refractivity contribution in [3.63, 3.8) is 0 Å². The van der Waals surface area contributed by atoms with Crippen LogP contribution >= 0.6 is 31.9 Å². The molecule has 0 aromatic heterocycles. The zero-order valence-electron chi connectivity index (χ0n) is 9.97. The first-order chi connectivity index (χ1) is 8.22. The molecule has 1 aliphatic carbocycles. The maximum absolute atomic E-state index is 3.65. The Morgan fingerprint density at radius 1 is 1.24 bits per heavy atom. The summed E-state index contributed by atoms with van der Waals surface area (Å²) in [5.74, 6) is 0. The first kappa shape index (κ1) is 13.3. The summed E-state index contributed by atoms with van der Waals surface area (Å²) in [6.45, 7) is 0. The van der Waals surface area contributed by atoms with Crippen LogP contribution in [0.3, 0.4) is 0 Å². The molecular weight excluding hydrogens is 342 g/mol. The second-order valence-electron chi connectivity index (χ2n) is 4.41. The summed E-state index contributed by atoms with van der Waals surface area (Å²) in [5, 5.41) is 3.44. The van der Waals surface area contributed by atoms with E-state index in [1.54, 1.807) is 0 Å². The van der Waals surface area contributed by atoms with E-state index in [1.807, 2.05) is 7.05 Å². The van der Waals surface area contributed by atoms with Crippen LogP contribution in [0.25, 0.3) is 0 Å². The molecule has 0 aliphatic heterocycles. The van der Waals surface area contributed by atoms with Crippen molar-refractivity contribution in [2.24, 2.45) is 0 Å². The Labute approximate surface area is 120 Å². The summed E-state index contributed by atoms with van der Waals surface area (Å²) >= 11 is 7.20. The highest BCUT2D eigenvalue weighted by Gasteiger charge is 2.18. The third-order valence-corrected chi connectivity index (χ3v) is 4.47. The maximum Gasteiger partial charge on any atom is 0.0545 e. The van der Waals surface area contributed by atoms with E-state index < -0.39 is 0 Å². The predicted molar refractivity (Wildman–Crippen MR) is 80.2 cm³/mol. The fourth-order valence-corrected chi connectivity index (χ4v) is 3.26. The van der Waals surface area contributed by atoms with Gasteiger partial charge in [0.2, 0.25) is 0 Å². The molecule has 2 rings (SSSR count). The largest absolute Gasteiger partial charge is 0.310 e. The van der Waals surface area contributed by atoms with Crippen LogP contribution in [0.4, 0.5) is 0 Å². The van der Waals surface area contributed by atoms with E-state index in [0.717, 1.165) is 4.47 Å². The molecule has 0 fully saturated rings. The van der Waals surface area contributed by atoms with Crippen LogP contribution in [0.2, 0.25) is 0 Å². The van der Waals surface area contributed by atoms with E-state index >= 15 is 0 Å². The minimum Gasteiger partial charge on any atom is -0.310 e. The number of halogens is 2. The van der Waals surface area contributed by atoms with E-state index in [9.17, 15) is 0 Å². The summed E-state index contributed by atoms with van der Waals surface area (Å²) in [7, 11) is 2.04. The zero-order chi connectivity index (χ0) is 12.3. The third kappa shape index (κ3) is 3.21. The van der Waals surface area contributed by atoms with Crippen molar-refractivity contribution >= 4 is 31.9 Å². The van der Waals surface area contributed by atoms with Crippen LogP contribution in [0, 0.1) is 0 Å². The molecule has 1 unspecified atom stereocenters. The van der Waals surface area contributed by atoms with Gasteiger partial charge in [-0.15, -0.1) is 0 Å². The molecule has 0 heterocycles. The van der Waals surface area contributed by atoms with Crippen molar-refractivity contribution in [3.8, 4) is 0 Å². The van der Waals surface area contributed by atoms with Gasteiger partial charge < -0.3 is 5.32 Å². The van der Waals surface area contributed by atoms with Crippen molar-refractivity contribution in [1.29, 1.82) is 0 Å². The predicted octanol–water partition coefficient (Wildman–Crippen LogP) is 4.97. The summed E-state index contributed by atoms with van der Waals surface area (Å²) < 4.78 is 2.30. The van der Waals surface area contributed by atoms with Gasteiger partial charge in [-0.25, -0.2) is 0 Å². The third-order valence-electron chi connectivity index (χ3n) is 3.25. The standard InChI is InChI=1S/C14H17Br2N/c1-17-14(10-5-3-2-4-6-10)12-9-11(15)7-8-13(12)16/h5,7-9,14,17H,2-4,6H2,1H3. The highest BCUT2D eigenvalue weighted by atomic mass is 79.9. The molecule has 92 valence electrons. The van der Waals surface area contributed by atoms with Gasteiger partial charge in [-0.2, -0.15) is 0 Å². The van der Waals surface area contributed by atoms with Crippen LogP contribution in [0.5, 0.6) is 0 Å². The molecule has 1 nitrogen and oxygen atoms in total. The average molecular weight is 359 g/mol. The lowest BCUT2D eigenvalue weighted by molar-refractivity contribution is 0.591. The zero-order valence-corrected chi connectivity index (χ0v) is 13.1. The fourth-order valence-electron chi connectivity index (χ4n) is 2.40. The van der Waals surface area contributed by atoms with Gasteiger partial charge in [0.1, 0.15) is 0 Å². The first-order valence-corrected chi connectivity index (χ1v) is 7.62. The van der Waals surface area contributed by atoms with Crippen LogP contribution in [-0.4, -0.2) is 7.05 Å². The van der Waals surface area contributed by atoms with E-state index in [1.165, 1.54) is 41.3 Å². The van der Waals surface area contributed by atoms with Gasteiger partial charge in [-0.1, -0.05) is 43.5 Å². The van der Waals surface area contributed by atoms with Crippen molar-refractivity contribution in [3.05, 3.63) is 44.4 Å². The Kier molecular flexibility index (Phi) is 4.83. The minimum atomic E-state index is 0.335. The van der Waals surface area contributed by atoms with E-state index in [4.69, 9.17) is 0 Å². The SMILES string of the molecule is CNC(C1=CCCCC1)c1cc(Br)ccc1Br. The number of benzene rings is 1. The molecule has 1 atom stereocenters. The van der Waals surface area contributed by atoms with Gasteiger partial charge in [0, 0.05) is 8.95 Å². The molecule has 1 aliphatic rings. The van der Waals surface area contributed by atoms with Gasteiger partial charge in [0.15, 0.2) is 0 Å². The molecule has 0 amide bonds. The quantitative estimate of drug-likeness (QED) is 0.752. The second kappa shape index (κ2) is 6.17. The molecule has 0 bridgehead atoms. The molecule has 0 saturated carbocycles. The summed E-state index contributed by atoms with van der Waals surface area (Å²) in [5.41, 5.74) is 2.84. The van der Waals surface area contributed by atoms with Gasteiger partial charge >= 0.3 is 0 Å². The highest BCUT2D eigenvalue weighted by Crippen LogP contribution is 2.34. The smallest absolute Gasteiger partial charge is 0.0545 e. The van der Waals surface area contributed by atoms with Crippen molar-refractivity contribution in [2.75, 3.05) is 7.05 Å². The van der Waals surface area contributed by atoms with Crippen LogP contribution < -0.4 is 5.32 Å². The number of nitrogens with one attached hydrogen (secondary N) is 1. The number of rotatable bonds is 3. The maximum atomic E-state index is 3.65. The number of hydrogen-bond donors (Lipinski definition) is 1. The van der Waals surface area contributed by atoms with Crippen molar-refractivity contribution in [2.45, 2.75) is 31.7 Å². The lowest BCUT2D eigenvalue weighted by Crippen LogP contribution is -2.20. The van der Waals surface area contributed by atoms with Crippen molar-refractivity contribution < 1.29 is 0 Å². The molecule has 3 heteroatoms. The monoisotopic (exact) mass is 357 g/mol. The van der Waals surface area contributed by atoms with E-state index in [0.29, 0.717) is 6.04 Å². The van der Waals surface area contributed by atoms with Gasteiger partial charge in [-0.3, -0.25) is 0 Å². The summed E-state index contributed by atoms with van der Waals surface area (Å²) in [6.07, 6.45) is 7.48. The number of likely N-dealkylation sites (N-methyl/N-ethyl adjacent to an activating group) is 1. The topological polar surface area (TPSA) is 12.0 Å². The molecule has 1 N–H and O–H groups in total. The first-order valence-electron chi connectivity index (χ1n) is 6.03. The minimum absolute atomic E-state index is 0.335. The molecule has 0 spiro atoms. The average Bonchev–Trinajstić information content (AvgIpc) is 2.36. The Bertz CT molecular complexity index is 426. The van der Waals surface area contributed by atoms with Crippen LogP contribution in [-0.2, 0) is 0 Å². The van der Waals surface area contributed by atoms with Crippen molar-refractivity contribution in [1.82, 2.24) is 5.32 Å². The molecule has 0 radical (unpaired) electrons. The van der Waals surface area contributed by atoms with E-state index in [-0.39, 0.29) is 0 Å². The summed E-state index contributed by atoms with van der Waals surface area (Å²) in [6, 6.07) is 6.70. The molecule has 1 aromatic carbocycles. The Morgan fingerprint density at radius 2 is 2.06 bits per heavy atom. The summed E-state index contributed by atoms with van der Waals surface area (Å²) in [4.78, 5) is 0. The van der Waals surface area contributed by atoms with Gasteiger partial charge in [0.05, 0.1) is 6.04 Å². The molecular formula is C14H17Br2N. The highest BCUT2D eigenvalue weighted by molar-refractivity contribution is 9.11. The van der Waals surface area contributed by atoms with Gasteiger partial charge in [-0.05, 0) is 56.5 Å². The normalized spacial score (nSPS) is 17.7. The Balaban J connectivity index is 2.34. The lowest BCUT2D eigenvalue weighted by atomic mass is 9.90. The Morgan fingerprint density at radius 3 is 2.71 bits per heavy atom. The molecule has 1 aromatic rings. The Hall–Kier alpha value is -0.120. The fraction of sp³-hybridized carbons (Fsp3) is 0.429. The number of hydrogen-bond acceptors (Lipinski definition) is 1. The van der Waals surface area contributed by atoms with E-state index in [2.05, 4.69) is 61.5 Å². The lowest BCUT2D eigenvalue weighted by Gasteiger charge is -2.24. The second-order valence-corrected chi connectivity index (χ2v) is 6.18. The van der Waals surface area contributed by atoms with Crippen LogP contribution in [0.15, 0.2) is 38.8 Å². The molecule has 0 saturated heterocycles. The number of allylic oxidation sites excluding steroid dienone is 1. The van der Waals surface area contributed by atoms with Gasteiger partial charge in [0.25, 0.3) is 0 Å².